The Bertz CT molecular complexity index is 750. The van der Waals surface area contributed by atoms with E-state index in [9.17, 15) is 20.0 Å². The van der Waals surface area contributed by atoms with E-state index < -0.39 is 17.2 Å². The van der Waals surface area contributed by atoms with Gasteiger partial charge in [0.25, 0.3) is 0 Å². The summed E-state index contributed by atoms with van der Waals surface area (Å²) in [4.78, 5) is 21.8. The van der Waals surface area contributed by atoms with Crippen LogP contribution >= 0.6 is 0 Å². The number of hydrogen-bond acceptors (Lipinski definition) is 6. The molecule has 0 aliphatic heterocycles. The van der Waals surface area contributed by atoms with Crippen LogP contribution in [0.2, 0.25) is 0 Å². The van der Waals surface area contributed by atoms with Gasteiger partial charge in [0.15, 0.2) is 6.29 Å². The van der Waals surface area contributed by atoms with Crippen molar-refractivity contribution in [1.82, 2.24) is 0 Å². The molecule has 27 heavy (non-hydrogen) atoms. The van der Waals surface area contributed by atoms with E-state index in [1.54, 1.807) is 0 Å². The number of ether oxygens (including phenoxy) is 2. The molecule has 1 aromatic rings. The molecule has 0 heterocycles. The molecule has 3 aliphatic rings. The number of hydrogen-bond donors (Lipinski definition) is 0. The van der Waals surface area contributed by atoms with Crippen molar-refractivity contribution in [3.05, 3.63) is 33.9 Å². The second kappa shape index (κ2) is 7.11. The highest BCUT2D eigenvalue weighted by molar-refractivity contribution is 5.87. The number of nitrogens with zero attached hydrogens (tertiary/aromatic N) is 1. The van der Waals surface area contributed by atoms with E-state index in [1.165, 1.54) is 25.7 Å². The molecule has 146 valence electrons. The minimum atomic E-state index is -1.40. The number of carbonyl (C=O) groups is 1. The van der Waals surface area contributed by atoms with Crippen LogP contribution < -0.4 is 9.84 Å². The summed E-state index contributed by atoms with van der Waals surface area (Å²) >= 11 is 0. The van der Waals surface area contributed by atoms with Crippen molar-refractivity contribution in [2.75, 3.05) is 0 Å². The highest BCUT2D eigenvalue weighted by Gasteiger charge is 2.54. The minimum Gasteiger partial charge on any atom is -0.545 e. The van der Waals surface area contributed by atoms with Crippen LogP contribution in [-0.4, -0.2) is 23.3 Å². The molecule has 6 unspecified atom stereocenters. The summed E-state index contributed by atoms with van der Waals surface area (Å²) in [6.07, 6.45) is 6.20. The maximum Gasteiger partial charge on any atom is 0.311 e. The van der Waals surface area contributed by atoms with Crippen molar-refractivity contribution in [3.8, 4) is 5.75 Å². The zero-order chi connectivity index (χ0) is 19.1. The molecule has 6 atom stereocenters. The first-order valence-corrected chi connectivity index (χ1v) is 9.79. The Morgan fingerprint density at radius 2 is 2.04 bits per heavy atom. The first kappa shape index (κ1) is 18.2. The molecule has 0 saturated heterocycles. The maximum atomic E-state index is 11.3. The third-order valence-electron chi connectivity index (χ3n) is 6.68. The molecule has 0 N–H and O–H groups in total. The molecule has 0 aromatic heterocycles. The lowest BCUT2D eigenvalue weighted by molar-refractivity contribution is -0.386. The summed E-state index contributed by atoms with van der Waals surface area (Å²) < 4.78 is 12.0. The lowest BCUT2D eigenvalue weighted by Crippen LogP contribution is -2.35. The standard InChI is InChI=1S/C20H25NO6/c1-2-19(26-17-10-12-8-15(17)14-5-3-4-13(12)14)27-18-9-11(20(22)23)6-7-16(18)21(24)25/h6-7,9,12-15,17,19H,2-5,8,10H2,1H3,(H,22,23)/p-1. The lowest BCUT2D eigenvalue weighted by Gasteiger charge is -2.33. The SMILES string of the molecule is CCC(Oc1cc(C(=O)[O-])ccc1[N+](=O)[O-])OC1CC2CC1C1CCCC21. The molecule has 0 amide bonds. The highest BCUT2D eigenvalue weighted by atomic mass is 16.7. The van der Waals surface area contributed by atoms with Crippen molar-refractivity contribution >= 4 is 11.7 Å². The van der Waals surface area contributed by atoms with Gasteiger partial charge >= 0.3 is 5.69 Å². The Balaban J connectivity index is 1.49. The van der Waals surface area contributed by atoms with Gasteiger partial charge < -0.3 is 19.4 Å². The number of aromatic carboxylic acids is 1. The summed E-state index contributed by atoms with van der Waals surface area (Å²) in [5.41, 5.74) is -0.426. The van der Waals surface area contributed by atoms with Crippen LogP contribution in [0.15, 0.2) is 18.2 Å². The van der Waals surface area contributed by atoms with E-state index in [0.29, 0.717) is 12.3 Å². The Hall–Kier alpha value is -2.15. The average molecular weight is 374 g/mol. The normalized spacial score (nSPS) is 32.3. The van der Waals surface area contributed by atoms with Crippen LogP contribution in [0.25, 0.3) is 0 Å². The fraction of sp³-hybridized carbons (Fsp3) is 0.650. The average Bonchev–Trinajstić information content (AvgIpc) is 3.33. The lowest BCUT2D eigenvalue weighted by atomic mass is 9.80. The number of rotatable bonds is 7. The van der Waals surface area contributed by atoms with Gasteiger partial charge in [0.2, 0.25) is 5.75 Å². The summed E-state index contributed by atoms with van der Waals surface area (Å²) in [7, 11) is 0. The largest absolute Gasteiger partial charge is 0.545 e. The molecule has 7 heteroatoms. The first-order chi connectivity index (χ1) is 13.0. The van der Waals surface area contributed by atoms with Gasteiger partial charge in [0.1, 0.15) is 0 Å². The van der Waals surface area contributed by atoms with Gasteiger partial charge in [-0.15, -0.1) is 0 Å². The monoisotopic (exact) mass is 374 g/mol. The van der Waals surface area contributed by atoms with Gasteiger partial charge in [-0.3, -0.25) is 10.1 Å². The molecular formula is C20H24NO6-. The molecule has 0 radical (unpaired) electrons. The molecule has 3 saturated carbocycles. The van der Waals surface area contributed by atoms with E-state index in [2.05, 4.69) is 0 Å². The Morgan fingerprint density at radius 1 is 1.26 bits per heavy atom. The van der Waals surface area contributed by atoms with Gasteiger partial charge in [-0.25, -0.2) is 0 Å². The molecule has 3 aliphatic carbocycles. The number of carboxylic acid groups (broad SMARTS) is 1. The molecule has 3 fully saturated rings. The molecular weight excluding hydrogens is 350 g/mol. The Labute approximate surface area is 157 Å². The second-order valence-corrected chi connectivity index (χ2v) is 8.01. The number of carboxylic acids is 1. The quantitative estimate of drug-likeness (QED) is 0.413. The van der Waals surface area contributed by atoms with E-state index in [0.717, 1.165) is 42.4 Å². The zero-order valence-electron chi connectivity index (χ0n) is 15.3. The van der Waals surface area contributed by atoms with E-state index in [4.69, 9.17) is 9.47 Å². The van der Waals surface area contributed by atoms with Crippen LogP contribution in [0.5, 0.6) is 5.75 Å². The van der Waals surface area contributed by atoms with Crippen molar-refractivity contribution < 1.29 is 24.3 Å². The van der Waals surface area contributed by atoms with E-state index >= 15 is 0 Å². The van der Waals surface area contributed by atoms with Crippen molar-refractivity contribution in [2.45, 2.75) is 57.8 Å². The summed E-state index contributed by atoms with van der Waals surface area (Å²) in [5, 5.41) is 22.4. The van der Waals surface area contributed by atoms with Crippen LogP contribution in [-0.2, 0) is 4.74 Å². The van der Waals surface area contributed by atoms with Crippen LogP contribution in [0.1, 0.15) is 55.8 Å². The van der Waals surface area contributed by atoms with Crippen LogP contribution in [0, 0.1) is 33.8 Å². The summed E-state index contributed by atoms with van der Waals surface area (Å²) in [6.45, 7) is 1.89. The van der Waals surface area contributed by atoms with Crippen molar-refractivity contribution in [3.63, 3.8) is 0 Å². The maximum absolute atomic E-state index is 11.3. The van der Waals surface area contributed by atoms with E-state index in [-0.39, 0.29) is 23.1 Å². The third-order valence-corrected chi connectivity index (χ3v) is 6.68. The van der Waals surface area contributed by atoms with Crippen molar-refractivity contribution in [2.24, 2.45) is 23.7 Å². The van der Waals surface area contributed by atoms with E-state index in [1.807, 2.05) is 6.92 Å². The van der Waals surface area contributed by atoms with Gasteiger partial charge in [-0.1, -0.05) is 13.3 Å². The van der Waals surface area contributed by atoms with Gasteiger partial charge in [0.05, 0.1) is 17.0 Å². The zero-order valence-corrected chi connectivity index (χ0v) is 15.3. The number of nitro groups is 1. The Kier molecular flexibility index (Phi) is 4.80. The highest BCUT2D eigenvalue weighted by Crippen LogP contribution is 2.59. The molecule has 4 rings (SSSR count). The van der Waals surface area contributed by atoms with Crippen LogP contribution in [0.4, 0.5) is 5.69 Å². The first-order valence-electron chi connectivity index (χ1n) is 9.79. The molecule has 7 nitrogen and oxygen atoms in total. The predicted octanol–water partition coefficient (Wildman–Crippen LogP) is 2.91. The number of nitro benzene ring substituents is 1. The van der Waals surface area contributed by atoms with Crippen molar-refractivity contribution in [1.29, 1.82) is 0 Å². The molecule has 2 bridgehead atoms. The number of fused-ring (bicyclic) bond motifs is 5. The fourth-order valence-corrected chi connectivity index (χ4v) is 5.59. The minimum absolute atomic E-state index is 0.0875. The smallest absolute Gasteiger partial charge is 0.311 e. The van der Waals surface area contributed by atoms with Crippen LogP contribution in [0.3, 0.4) is 0 Å². The molecule has 0 spiro atoms. The fourth-order valence-electron chi connectivity index (χ4n) is 5.59. The third kappa shape index (κ3) is 3.29. The predicted molar refractivity (Wildman–Crippen MR) is 94.1 cm³/mol. The van der Waals surface area contributed by atoms with Gasteiger partial charge in [-0.05, 0) is 61.5 Å². The van der Waals surface area contributed by atoms with Gasteiger partial charge in [-0.2, -0.15) is 0 Å². The topological polar surface area (TPSA) is 102 Å². The number of benzene rings is 1. The number of carbonyl (C=O) groups excluding carboxylic acids is 1. The molecule has 1 aromatic carbocycles. The summed E-state index contributed by atoms with van der Waals surface area (Å²) in [6, 6.07) is 3.43. The Morgan fingerprint density at radius 3 is 2.74 bits per heavy atom. The van der Waals surface area contributed by atoms with Gasteiger partial charge in [0, 0.05) is 18.1 Å². The second-order valence-electron chi connectivity index (χ2n) is 8.01. The summed E-state index contributed by atoms with van der Waals surface area (Å²) in [5.74, 6) is 1.42.